The summed E-state index contributed by atoms with van der Waals surface area (Å²) < 4.78 is 4.69. The lowest BCUT2D eigenvalue weighted by molar-refractivity contribution is 0.0599. The summed E-state index contributed by atoms with van der Waals surface area (Å²) in [5.41, 5.74) is 11.3. The van der Waals surface area contributed by atoms with Crippen LogP contribution in [-0.2, 0) is 4.74 Å². The van der Waals surface area contributed by atoms with Gasteiger partial charge in [0.05, 0.1) is 18.2 Å². The fourth-order valence-corrected chi connectivity index (χ4v) is 5.73. The molecule has 0 saturated carbocycles. The molecule has 0 radical (unpaired) electrons. The van der Waals surface area contributed by atoms with Crippen LogP contribution in [0.3, 0.4) is 0 Å². The van der Waals surface area contributed by atoms with Crippen molar-refractivity contribution in [2.45, 2.75) is 0 Å². The molecule has 0 unspecified atom stereocenters. The number of esters is 1. The van der Waals surface area contributed by atoms with Gasteiger partial charge in [0.1, 0.15) is 0 Å². The Morgan fingerprint density at radius 1 is 0.481 bits per heavy atom. The van der Waals surface area contributed by atoms with E-state index in [1.807, 2.05) is 91.0 Å². The highest BCUT2D eigenvalue weighted by Gasteiger charge is 2.06. The zero-order chi connectivity index (χ0) is 36.3. The fraction of sp³-hybridized carbons (Fsp3) is 0.0222. The first kappa shape index (κ1) is 34.7. The third kappa shape index (κ3) is 8.53. The van der Waals surface area contributed by atoms with Crippen LogP contribution in [-0.4, -0.2) is 24.2 Å². The summed E-state index contributed by atoms with van der Waals surface area (Å²) in [4.78, 5) is 22.2. The Bertz CT molecular complexity index is 2440. The van der Waals surface area contributed by atoms with Crippen molar-refractivity contribution in [3.8, 4) is 0 Å². The number of carboxylic acids is 1. The number of hydrogen-bond acceptors (Lipinski definition) is 6. The number of methoxy groups -OCH3 is 1. The summed E-state index contributed by atoms with van der Waals surface area (Å²) in [7, 11) is 1.38. The van der Waals surface area contributed by atoms with Crippen molar-refractivity contribution in [2.75, 3.05) is 23.5 Å². The predicted octanol–water partition coefficient (Wildman–Crippen LogP) is 11.1. The summed E-state index contributed by atoms with van der Waals surface area (Å²) in [5.74, 6) is -1.24. The molecule has 0 atom stereocenters. The monoisotopic (exact) mass is 683 g/mol. The Morgan fingerprint density at radius 2 is 0.865 bits per heavy atom. The average Bonchev–Trinajstić information content (AvgIpc) is 3.19. The van der Waals surface area contributed by atoms with Crippen molar-refractivity contribution < 1.29 is 19.4 Å². The zero-order valence-corrected chi connectivity index (χ0v) is 28.5. The summed E-state index contributed by atoms with van der Waals surface area (Å²) in [5, 5.41) is 22.6. The van der Waals surface area contributed by atoms with Crippen molar-refractivity contribution in [1.29, 1.82) is 0 Å². The first-order chi connectivity index (χ1) is 25.4. The standard InChI is InChI=1S/C18H15NO2.C17H13NO2.C10H9N/c1-21-18(20)14-9-11-15(12-10-14)19-17-8-4-6-13-5-2-3-7-16(13)17;19-17(20)13-8-10-14(11-9-13)18-16-7-3-5-12-4-1-2-6-15(12)16;11-10-7-3-5-8-4-1-2-6-9(8)10/h2-12,19H,1H3;1-11,18H,(H,19,20);1-7H,11H2. The summed E-state index contributed by atoms with van der Waals surface area (Å²) >= 11 is 0. The highest BCUT2D eigenvalue weighted by molar-refractivity contribution is 5.97. The van der Waals surface area contributed by atoms with Crippen molar-refractivity contribution in [3.05, 3.63) is 187 Å². The molecule has 0 bridgehead atoms. The molecule has 52 heavy (non-hydrogen) atoms. The largest absolute Gasteiger partial charge is 0.478 e. The Balaban J connectivity index is 0.000000140. The minimum absolute atomic E-state index is 0.286. The quantitative estimate of drug-likeness (QED) is 0.102. The number of nitrogens with one attached hydrogen (secondary N) is 2. The predicted molar refractivity (Wildman–Crippen MR) is 214 cm³/mol. The van der Waals surface area contributed by atoms with Gasteiger partial charge in [0.25, 0.3) is 0 Å². The van der Waals surface area contributed by atoms with E-state index in [9.17, 15) is 9.59 Å². The number of carbonyl (C=O) groups excluding carboxylic acids is 1. The number of rotatable bonds is 6. The minimum Gasteiger partial charge on any atom is -0.478 e. The van der Waals surface area contributed by atoms with Crippen LogP contribution in [0.15, 0.2) is 176 Å². The molecule has 0 amide bonds. The third-order valence-corrected chi connectivity index (χ3v) is 8.40. The smallest absolute Gasteiger partial charge is 0.337 e. The van der Waals surface area contributed by atoms with Crippen LogP contribution in [0.25, 0.3) is 32.3 Å². The number of aromatic carboxylic acids is 1. The number of carboxylic acid groups (broad SMARTS) is 1. The number of ether oxygens (including phenoxy) is 1. The van der Waals surface area contributed by atoms with Crippen LogP contribution in [0.2, 0.25) is 0 Å². The molecular formula is C45H37N3O4. The van der Waals surface area contributed by atoms with Crippen LogP contribution in [0.1, 0.15) is 20.7 Å². The van der Waals surface area contributed by atoms with Gasteiger partial charge in [-0.3, -0.25) is 0 Å². The molecule has 0 heterocycles. The molecule has 5 N–H and O–H groups in total. The second-order valence-corrected chi connectivity index (χ2v) is 11.8. The summed E-state index contributed by atoms with van der Waals surface area (Å²) in [6.07, 6.45) is 0. The molecule has 0 spiro atoms. The van der Waals surface area contributed by atoms with Crippen molar-refractivity contribution >= 4 is 72.7 Å². The van der Waals surface area contributed by atoms with E-state index in [1.165, 1.54) is 23.3 Å². The van der Waals surface area contributed by atoms with Crippen molar-refractivity contribution in [2.24, 2.45) is 0 Å². The molecule has 8 aromatic rings. The number of nitrogens with two attached hydrogens (primary N) is 1. The van der Waals surface area contributed by atoms with E-state index in [0.29, 0.717) is 5.56 Å². The normalized spacial score (nSPS) is 10.3. The molecule has 0 aliphatic rings. The van der Waals surface area contributed by atoms with E-state index in [-0.39, 0.29) is 11.5 Å². The summed E-state index contributed by atoms with van der Waals surface area (Å²) in [6, 6.07) is 56.6. The molecule has 0 aromatic heterocycles. The Morgan fingerprint density at radius 3 is 1.31 bits per heavy atom. The maximum atomic E-state index is 11.4. The Kier molecular flexibility index (Phi) is 11.0. The lowest BCUT2D eigenvalue weighted by atomic mass is 10.1. The highest BCUT2D eigenvalue weighted by atomic mass is 16.5. The molecule has 8 rings (SSSR count). The maximum Gasteiger partial charge on any atom is 0.337 e. The van der Waals surface area contributed by atoms with Crippen LogP contribution >= 0.6 is 0 Å². The van der Waals surface area contributed by atoms with E-state index in [4.69, 9.17) is 15.6 Å². The fourth-order valence-electron chi connectivity index (χ4n) is 5.73. The minimum atomic E-state index is -0.915. The van der Waals surface area contributed by atoms with Crippen LogP contribution in [0.4, 0.5) is 28.4 Å². The molecule has 8 aromatic carbocycles. The first-order valence-corrected chi connectivity index (χ1v) is 16.6. The van der Waals surface area contributed by atoms with Gasteiger partial charge in [-0.1, -0.05) is 109 Å². The van der Waals surface area contributed by atoms with Gasteiger partial charge in [-0.2, -0.15) is 0 Å². The maximum absolute atomic E-state index is 11.4. The van der Waals surface area contributed by atoms with E-state index < -0.39 is 5.97 Å². The number of benzene rings is 8. The molecule has 0 aliphatic heterocycles. The van der Waals surface area contributed by atoms with Crippen LogP contribution < -0.4 is 16.4 Å². The van der Waals surface area contributed by atoms with E-state index >= 15 is 0 Å². The molecule has 256 valence electrons. The zero-order valence-electron chi connectivity index (χ0n) is 28.5. The molecule has 0 fully saturated rings. The van der Waals surface area contributed by atoms with Crippen molar-refractivity contribution in [3.63, 3.8) is 0 Å². The van der Waals surface area contributed by atoms with Gasteiger partial charge < -0.3 is 26.2 Å². The number of carbonyl (C=O) groups is 2. The first-order valence-electron chi connectivity index (χ1n) is 16.6. The second-order valence-electron chi connectivity index (χ2n) is 11.8. The van der Waals surface area contributed by atoms with Crippen LogP contribution in [0.5, 0.6) is 0 Å². The average molecular weight is 684 g/mol. The lowest BCUT2D eigenvalue weighted by Crippen LogP contribution is -2.01. The van der Waals surface area contributed by atoms with Gasteiger partial charge in [0.15, 0.2) is 0 Å². The molecule has 0 aliphatic carbocycles. The van der Waals surface area contributed by atoms with E-state index in [2.05, 4.69) is 59.2 Å². The molecule has 7 heteroatoms. The Labute approximate surface area is 301 Å². The van der Waals surface area contributed by atoms with Gasteiger partial charge in [0.2, 0.25) is 0 Å². The lowest BCUT2D eigenvalue weighted by Gasteiger charge is -2.10. The second kappa shape index (κ2) is 16.5. The number of anilines is 5. The van der Waals surface area contributed by atoms with Gasteiger partial charge in [0, 0.05) is 44.6 Å². The number of fused-ring (bicyclic) bond motifs is 3. The number of nitrogen functional groups attached to an aromatic ring is 1. The van der Waals surface area contributed by atoms with Crippen molar-refractivity contribution in [1.82, 2.24) is 0 Å². The van der Waals surface area contributed by atoms with Gasteiger partial charge in [-0.15, -0.1) is 0 Å². The Hall–Kier alpha value is -7.12. The van der Waals surface area contributed by atoms with E-state index in [0.717, 1.165) is 44.6 Å². The summed E-state index contributed by atoms with van der Waals surface area (Å²) in [6.45, 7) is 0. The van der Waals surface area contributed by atoms with Gasteiger partial charge in [-0.05, 0) is 82.9 Å². The number of hydrogen-bond donors (Lipinski definition) is 4. The molecule has 7 nitrogen and oxygen atoms in total. The van der Waals surface area contributed by atoms with Crippen LogP contribution in [0, 0.1) is 0 Å². The highest BCUT2D eigenvalue weighted by Crippen LogP contribution is 2.28. The molecule has 0 saturated heterocycles. The topological polar surface area (TPSA) is 114 Å². The SMILES string of the molecule is COC(=O)c1ccc(Nc2cccc3ccccc23)cc1.Nc1cccc2ccccc12.O=C(O)c1ccc(Nc2cccc3ccccc23)cc1. The van der Waals surface area contributed by atoms with Gasteiger partial charge in [-0.25, -0.2) is 9.59 Å². The molecular weight excluding hydrogens is 647 g/mol. The van der Waals surface area contributed by atoms with Gasteiger partial charge >= 0.3 is 11.9 Å². The third-order valence-electron chi connectivity index (χ3n) is 8.40. The van der Waals surface area contributed by atoms with E-state index in [1.54, 1.807) is 36.4 Å².